The van der Waals surface area contributed by atoms with Gasteiger partial charge in [-0.25, -0.2) is 0 Å². The van der Waals surface area contributed by atoms with E-state index >= 15 is 0 Å². The number of Topliss-reactive ketones (excluding diaryl/α,β-unsaturated/α-hetero) is 2. The summed E-state index contributed by atoms with van der Waals surface area (Å²) in [6, 6.07) is 15.1. The van der Waals surface area contributed by atoms with Crippen LogP contribution in [0, 0.1) is 0 Å². The summed E-state index contributed by atoms with van der Waals surface area (Å²) in [5.41, 5.74) is 2.48. The van der Waals surface area contributed by atoms with Crippen LogP contribution in [0.4, 0.5) is 0 Å². The predicted molar refractivity (Wildman–Crippen MR) is 84.8 cm³/mol. The van der Waals surface area contributed by atoms with Gasteiger partial charge in [-0.15, -0.1) is 0 Å². The van der Waals surface area contributed by atoms with Gasteiger partial charge in [0, 0.05) is 6.42 Å². The van der Waals surface area contributed by atoms with Crippen molar-refractivity contribution in [2.45, 2.75) is 19.8 Å². The van der Waals surface area contributed by atoms with Crippen LogP contribution in [-0.4, -0.2) is 11.6 Å². The highest BCUT2D eigenvalue weighted by Gasteiger charge is 2.27. The van der Waals surface area contributed by atoms with Crippen molar-refractivity contribution >= 4 is 17.6 Å². The summed E-state index contributed by atoms with van der Waals surface area (Å²) >= 11 is 0. The van der Waals surface area contributed by atoms with Crippen LogP contribution in [0.3, 0.4) is 0 Å². The average molecular weight is 292 g/mol. The number of hydrogen-bond donors (Lipinski definition) is 0. The van der Waals surface area contributed by atoms with Gasteiger partial charge in [0.1, 0.15) is 11.5 Å². The summed E-state index contributed by atoms with van der Waals surface area (Å²) in [7, 11) is 0. The van der Waals surface area contributed by atoms with E-state index in [0.717, 1.165) is 11.1 Å². The van der Waals surface area contributed by atoms with Crippen LogP contribution in [0.25, 0.3) is 6.08 Å². The minimum Gasteiger partial charge on any atom is -0.452 e. The van der Waals surface area contributed by atoms with Crippen LogP contribution < -0.4 is 4.74 Å². The van der Waals surface area contributed by atoms with Gasteiger partial charge in [-0.3, -0.25) is 4.79 Å². The fourth-order valence-electron chi connectivity index (χ4n) is 2.41. The van der Waals surface area contributed by atoms with Crippen LogP contribution in [0.15, 0.2) is 54.3 Å². The Morgan fingerprint density at radius 2 is 1.91 bits per heavy atom. The lowest BCUT2D eigenvalue weighted by atomic mass is 10.0. The molecule has 3 heteroatoms. The maximum Gasteiger partial charge on any atom is 0.231 e. The summed E-state index contributed by atoms with van der Waals surface area (Å²) in [6.45, 7) is 1.57. The van der Waals surface area contributed by atoms with E-state index in [4.69, 9.17) is 4.74 Å². The van der Waals surface area contributed by atoms with E-state index < -0.39 is 0 Å². The van der Waals surface area contributed by atoms with Crippen molar-refractivity contribution in [1.29, 1.82) is 0 Å². The number of fused-ring (bicyclic) bond motifs is 1. The Balaban J connectivity index is 1.85. The van der Waals surface area contributed by atoms with Crippen LogP contribution >= 0.6 is 0 Å². The fraction of sp³-hybridized carbons (Fsp3) is 0.158. The molecular formula is C19H16O3. The molecular weight excluding hydrogens is 276 g/mol. The van der Waals surface area contributed by atoms with Crippen molar-refractivity contribution < 1.29 is 14.3 Å². The van der Waals surface area contributed by atoms with Gasteiger partial charge in [0.25, 0.3) is 0 Å². The van der Waals surface area contributed by atoms with Gasteiger partial charge < -0.3 is 9.53 Å². The molecule has 0 aromatic heterocycles. The highest BCUT2D eigenvalue weighted by molar-refractivity contribution is 6.14. The first-order valence-electron chi connectivity index (χ1n) is 7.25. The molecule has 2 aromatic rings. The summed E-state index contributed by atoms with van der Waals surface area (Å²) in [6.07, 6.45) is 2.88. The highest BCUT2D eigenvalue weighted by Crippen LogP contribution is 2.32. The molecule has 0 aliphatic carbocycles. The third-order valence-corrected chi connectivity index (χ3v) is 3.60. The average Bonchev–Trinajstić information content (AvgIpc) is 2.82. The second-order valence-electron chi connectivity index (χ2n) is 5.38. The Labute approximate surface area is 129 Å². The lowest BCUT2D eigenvalue weighted by molar-refractivity contribution is -0.116. The van der Waals surface area contributed by atoms with Gasteiger partial charge in [-0.2, -0.15) is 0 Å². The Morgan fingerprint density at radius 1 is 1.14 bits per heavy atom. The molecule has 0 unspecified atom stereocenters. The van der Waals surface area contributed by atoms with Crippen LogP contribution in [-0.2, 0) is 11.2 Å². The summed E-state index contributed by atoms with van der Waals surface area (Å²) in [5, 5.41) is 0. The van der Waals surface area contributed by atoms with Crippen LogP contribution in [0.1, 0.15) is 34.8 Å². The second kappa shape index (κ2) is 5.98. The Kier molecular flexibility index (Phi) is 3.88. The molecule has 0 radical (unpaired) electrons. The SMILES string of the molecule is CC(=O)CCc1ccc2c(c1)C(=O)/C(=C/c1ccccc1)O2. The molecule has 3 rings (SSSR count). The van der Waals surface area contributed by atoms with Gasteiger partial charge >= 0.3 is 0 Å². The monoisotopic (exact) mass is 292 g/mol. The van der Waals surface area contributed by atoms with E-state index in [0.29, 0.717) is 29.9 Å². The number of ether oxygens (including phenoxy) is 1. The topological polar surface area (TPSA) is 43.4 Å². The van der Waals surface area contributed by atoms with Crippen molar-refractivity contribution in [3.8, 4) is 5.75 Å². The quantitative estimate of drug-likeness (QED) is 0.804. The smallest absolute Gasteiger partial charge is 0.231 e. The second-order valence-corrected chi connectivity index (χ2v) is 5.38. The Bertz CT molecular complexity index is 758. The number of allylic oxidation sites excluding steroid dienone is 1. The summed E-state index contributed by atoms with van der Waals surface area (Å²) in [5.74, 6) is 0.958. The maximum atomic E-state index is 12.4. The van der Waals surface area contributed by atoms with Crippen LogP contribution in [0.2, 0.25) is 0 Å². The molecule has 0 atom stereocenters. The number of ketones is 2. The van der Waals surface area contributed by atoms with Crippen molar-refractivity contribution in [3.63, 3.8) is 0 Å². The number of carbonyl (C=O) groups excluding carboxylic acids is 2. The van der Waals surface area contributed by atoms with E-state index in [9.17, 15) is 9.59 Å². The molecule has 110 valence electrons. The standard InChI is InChI=1S/C19H16O3/c1-13(20)7-8-15-9-10-17-16(11-15)19(21)18(22-17)12-14-5-3-2-4-6-14/h2-6,9-12H,7-8H2,1H3/b18-12-. The molecule has 0 amide bonds. The minimum atomic E-state index is -0.108. The molecule has 0 N–H and O–H groups in total. The predicted octanol–water partition coefficient (Wildman–Crippen LogP) is 3.82. The third kappa shape index (κ3) is 2.98. The molecule has 0 fully saturated rings. The Morgan fingerprint density at radius 3 is 2.64 bits per heavy atom. The number of benzene rings is 2. The molecule has 3 nitrogen and oxygen atoms in total. The van der Waals surface area contributed by atoms with Crippen molar-refractivity contribution in [2.24, 2.45) is 0 Å². The van der Waals surface area contributed by atoms with Gasteiger partial charge in [0.2, 0.25) is 5.78 Å². The largest absolute Gasteiger partial charge is 0.452 e. The third-order valence-electron chi connectivity index (χ3n) is 3.60. The van der Waals surface area contributed by atoms with E-state index in [1.165, 1.54) is 0 Å². The molecule has 0 saturated heterocycles. The lowest BCUT2D eigenvalue weighted by Crippen LogP contribution is -1.99. The minimum absolute atomic E-state index is 0.108. The molecule has 1 heterocycles. The van der Waals surface area contributed by atoms with E-state index in [-0.39, 0.29) is 11.6 Å². The first-order valence-corrected chi connectivity index (χ1v) is 7.25. The van der Waals surface area contributed by atoms with Crippen molar-refractivity contribution in [1.82, 2.24) is 0 Å². The normalized spacial score (nSPS) is 14.8. The van der Waals surface area contributed by atoms with Crippen LogP contribution in [0.5, 0.6) is 5.75 Å². The number of hydrogen-bond acceptors (Lipinski definition) is 3. The zero-order valence-electron chi connectivity index (χ0n) is 12.3. The maximum absolute atomic E-state index is 12.4. The summed E-state index contributed by atoms with van der Waals surface area (Å²) < 4.78 is 5.65. The van der Waals surface area contributed by atoms with E-state index in [1.807, 2.05) is 42.5 Å². The first-order chi connectivity index (χ1) is 10.6. The number of aryl methyl sites for hydroxylation is 1. The van der Waals surface area contributed by atoms with Crippen molar-refractivity contribution in [2.75, 3.05) is 0 Å². The molecule has 22 heavy (non-hydrogen) atoms. The van der Waals surface area contributed by atoms with Gasteiger partial charge in [-0.05, 0) is 42.7 Å². The molecule has 1 aliphatic heterocycles. The van der Waals surface area contributed by atoms with Gasteiger partial charge in [0.15, 0.2) is 5.76 Å². The zero-order valence-corrected chi connectivity index (χ0v) is 12.3. The number of carbonyl (C=O) groups is 2. The van der Waals surface area contributed by atoms with Gasteiger partial charge in [-0.1, -0.05) is 36.4 Å². The summed E-state index contributed by atoms with van der Waals surface area (Å²) in [4.78, 5) is 23.5. The lowest BCUT2D eigenvalue weighted by Gasteiger charge is -2.01. The molecule has 0 bridgehead atoms. The molecule has 0 spiro atoms. The number of rotatable bonds is 4. The van der Waals surface area contributed by atoms with E-state index in [2.05, 4.69) is 0 Å². The zero-order chi connectivity index (χ0) is 15.5. The molecule has 1 aliphatic rings. The fourth-order valence-corrected chi connectivity index (χ4v) is 2.41. The van der Waals surface area contributed by atoms with E-state index in [1.54, 1.807) is 19.1 Å². The molecule has 0 saturated carbocycles. The van der Waals surface area contributed by atoms with Crippen molar-refractivity contribution in [3.05, 3.63) is 71.0 Å². The highest BCUT2D eigenvalue weighted by atomic mass is 16.5. The van der Waals surface area contributed by atoms with Gasteiger partial charge in [0.05, 0.1) is 5.56 Å². The Hall–Kier alpha value is -2.68. The first kappa shape index (κ1) is 14.3. The molecule has 2 aromatic carbocycles.